The van der Waals surface area contributed by atoms with Gasteiger partial charge in [-0.25, -0.2) is 9.78 Å². The summed E-state index contributed by atoms with van der Waals surface area (Å²) in [6, 6.07) is 3.79. The summed E-state index contributed by atoms with van der Waals surface area (Å²) in [5.41, 5.74) is 2.32. The van der Waals surface area contributed by atoms with Crippen LogP contribution >= 0.6 is 0 Å². The van der Waals surface area contributed by atoms with Gasteiger partial charge in [-0.15, -0.1) is 0 Å². The Morgan fingerprint density at radius 1 is 1.24 bits per heavy atom. The van der Waals surface area contributed by atoms with E-state index in [2.05, 4.69) is 4.98 Å². The number of hydrogen-bond acceptors (Lipinski definition) is 3. The van der Waals surface area contributed by atoms with Crippen LogP contribution < -0.4 is 0 Å². The predicted octanol–water partition coefficient (Wildman–Crippen LogP) is 2.92. The van der Waals surface area contributed by atoms with Crippen LogP contribution in [0.4, 0.5) is 0 Å². The second-order valence-electron chi connectivity index (χ2n) is 5.51. The minimum atomic E-state index is -0.464. The second kappa shape index (κ2) is 4.47. The van der Waals surface area contributed by atoms with Crippen molar-refractivity contribution >= 4 is 5.97 Å². The van der Waals surface area contributed by atoms with Gasteiger partial charge in [-0.3, -0.25) is 0 Å². The summed E-state index contributed by atoms with van der Waals surface area (Å²) in [6.45, 7) is 5.59. The summed E-state index contributed by atoms with van der Waals surface area (Å²) in [6.07, 6.45) is 4.45. The van der Waals surface area contributed by atoms with Crippen LogP contribution in [0.3, 0.4) is 0 Å². The number of nitrogens with zero attached hydrogens (tertiary/aromatic N) is 1. The quantitative estimate of drug-likeness (QED) is 0.700. The Morgan fingerprint density at radius 2 is 1.94 bits per heavy atom. The van der Waals surface area contributed by atoms with E-state index >= 15 is 0 Å². The molecule has 0 spiro atoms. The van der Waals surface area contributed by atoms with Gasteiger partial charge in [-0.1, -0.05) is 6.07 Å². The maximum atomic E-state index is 11.9. The molecule has 0 aromatic carbocycles. The summed E-state index contributed by atoms with van der Waals surface area (Å²) < 4.78 is 5.31. The number of ether oxygens (including phenoxy) is 1. The second-order valence-corrected chi connectivity index (χ2v) is 5.51. The molecule has 0 amide bonds. The van der Waals surface area contributed by atoms with Gasteiger partial charge in [-0.05, 0) is 58.1 Å². The zero-order valence-electron chi connectivity index (χ0n) is 10.7. The first kappa shape index (κ1) is 12.1. The lowest BCUT2D eigenvalue weighted by Crippen LogP contribution is -2.25. The van der Waals surface area contributed by atoms with Gasteiger partial charge in [-0.2, -0.15) is 0 Å². The Labute approximate surface area is 102 Å². The van der Waals surface area contributed by atoms with Gasteiger partial charge in [0.25, 0.3) is 0 Å². The van der Waals surface area contributed by atoms with Crippen molar-refractivity contribution in [2.45, 2.75) is 52.1 Å². The van der Waals surface area contributed by atoms with Crippen LogP contribution in [0.25, 0.3) is 0 Å². The number of pyridine rings is 1. The molecule has 92 valence electrons. The van der Waals surface area contributed by atoms with Crippen molar-refractivity contribution in [2.24, 2.45) is 0 Å². The van der Waals surface area contributed by atoms with Crippen LogP contribution in [0, 0.1) is 0 Å². The fraction of sp³-hybridized carbons (Fsp3) is 0.571. The molecular weight excluding hydrogens is 214 g/mol. The van der Waals surface area contributed by atoms with Gasteiger partial charge in [0.1, 0.15) is 11.3 Å². The SMILES string of the molecule is CC(C)(C)OC(=O)c1ccc2c(n1)CCCC2. The van der Waals surface area contributed by atoms with Crippen molar-refractivity contribution in [1.82, 2.24) is 4.98 Å². The summed E-state index contributed by atoms with van der Waals surface area (Å²) >= 11 is 0. The molecule has 0 bridgehead atoms. The van der Waals surface area contributed by atoms with E-state index in [0.717, 1.165) is 25.0 Å². The number of aromatic nitrogens is 1. The van der Waals surface area contributed by atoms with Crippen molar-refractivity contribution in [2.75, 3.05) is 0 Å². The van der Waals surface area contributed by atoms with Gasteiger partial charge in [0, 0.05) is 5.69 Å². The number of carbonyl (C=O) groups excluding carboxylic acids is 1. The van der Waals surface area contributed by atoms with Crippen molar-refractivity contribution in [3.05, 3.63) is 29.1 Å². The lowest BCUT2D eigenvalue weighted by Gasteiger charge is -2.20. The van der Waals surface area contributed by atoms with Crippen molar-refractivity contribution in [1.29, 1.82) is 0 Å². The van der Waals surface area contributed by atoms with Gasteiger partial charge < -0.3 is 4.74 Å². The van der Waals surface area contributed by atoms with Gasteiger partial charge in [0.2, 0.25) is 0 Å². The standard InChI is InChI=1S/C14H19NO2/c1-14(2,3)17-13(16)12-9-8-10-6-4-5-7-11(10)15-12/h8-9H,4-7H2,1-3H3. The lowest BCUT2D eigenvalue weighted by atomic mass is 9.96. The summed E-state index contributed by atoms with van der Waals surface area (Å²) in [7, 11) is 0. The van der Waals surface area contributed by atoms with Gasteiger partial charge in [0.05, 0.1) is 0 Å². The molecule has 2 rings (SSSR count). The Morgan fingerprint density at radius 3 is 2.65 bits per heavy atom. The molecule has 1 aliphatic rings. The molecule has 0 fully saturated rings. The number of carbonyl (C=O) groups is 1. The molecule has 0 saturated heterocycles. The average molecular weight is 233 g/mol. The van der Waals surface area contributed by atoms with Gasteiger partial charge in [0.15, 0.2) is 0 Å². The fourth-order valence-electron chi connectivity index (χ4n) is 2.03. The highest BCUT2D eigenvalue weighted by molar-refractivity contribution is 5.87. The largest absolute Gasteiger partial charge is 0.455 e. The van der Waals surface area contributed by atoms with Crippen molar-refractivity contribution in [3.8, 4) is 0 Å². The zero-order valence-corrected chi connectivity index (χ0v) is 10.7. The third kappa shape index (κ3) is 3.05. The molecule has 1 heterocycles. The topological polar surface area (TPSA) is 39.2 Å². The number of esters is 1. The van der Waals surface area contributed by atoms with E-state index in [1.165, 1.54) is 12.0 Å². The first-order chi connectivity index (χ1) is 7.96. The van der Waals surface area contributed by atoms with E-state index in [1.54, 1.807) is 6.07 Å². The number of aryl methyl sites for hydroxylation is 2. The number of hydrogen-bond donors (Lipinski definition) is 0. The molecule has 3 nitrogen and oxygen atoms in total. The van der Waals surface area contributed by atoms with Crippen LogP contribution in [0.5, 0.6) is 0 Å². The molecule has 0 aliphatic heterocycles. The molecule has 1 aromatic heterocycles. The number of rotatable bonds is 1. The molecule has 3 heteroatoms. The summed E-state index contributed by atoms with van der Waals surface area (Å²) in [5, 5.41) is 0. The van der Waals surface area contributed by atoms with E-state index in [9.17, 15) is 4.79 Å². The third-order valence-electron chi connectivity index (χ3n) is 2.79. The Balaban J connectivity index is 2.19. The molecular formula is C14H19NO2. The monoisotopic (exact) mass is 233 g/mol. The zero-order chi connectivity index (χ0) is 12.5. The van der Waals surface area contributed by atoms with E-state index in [1.807, 2.05) is 26.8 Å². The van der Waals surface area contributed by atoms with E-state index in [0.29, 0.717) is 5.69 Å². The normalized spacial score (nSPS) is 15.2. The molecule has 0 radical (unpaired) electrons. The highest BCUT2D eigenvalue weighted by Gasteiger charge is 2.20. The predicted molar refractivity (Wildman–Crippen MR) is 66.0 cm³/mol. The Hall–Kier alpha value is -1.38. The molecule has 0 saturated carbocycles. The third-order valence-corrected chi connectivity index (χ3v) is 2.79. The van der Waals surface area contributed by atoms with Crippen LogP contribution in [0.2, 0.25) is 0 Å². The Bertz CT molecular complexity index is 432. The summed E-state index contributed by atoms with van der Waals surface area (Å²) in [5.74, 6) is -0.328. The highest BCUT2D eigenvalue weighted by atomic mass is 16.6. The summed E-state index contributed by atoms with van der Waals surface area (Å²) in [4.78, 5) is 16.3. The van der Waals surface area contributed by atoms with Crippen LogP contribution in [-0.4, -0.2) is 16.6 Å². The molecule has 17 heavy (non-hydrogen) atoms. The smallest absolute Gasteiger partial charge is 0.357 e. The van der Waals surface area contributed by atoms with Crippen LogP contribution in [0.1, 0.15) is 55.4 Å². The average Bonchev–Trinajstić information content (AvgIpc) is 2.26. The highest BCUT2D eigenvalue weighted by Crippen LogP contribution is 2.20. The minimum absolute atomic E-state index is 0.328. The maximum absolute atomic E-state index is 11.9. The molecule has 1 aliphatic carbocycles. The van der Waals surface area contributed by atoms with Crippen molar-refractivity contribution in [3.63, 3.8) is 0 Å². The van der Waals surface area contributed by atoms with Crippen molar-refractivity contribution < 1.29 is 9.53 Å². The van der Waals surface area contributed by atoms with Crippen LogP contribution in [-0.2, 0) is 17.6 Å². The molecule has 0 N–H and O–H groups in total. The molecule has 0 unspecified atom stereocenters. The Kier molecular flexibility index (Phi) is 3.18. The lowest BCUT2D eigenvalue weighted by molar-refractivity contribution is 0.00625. The first-order valence-corrected chi connectivity index (χ1v) is 6.18. The van der Waals surface area contributed by atoms with E-state index in [-0.39, 0.29) is 5.97 Å². The van der Waals surface area contributed by atoms with E-state index < -0.39 is 5.60 Å². The van der Waals surface area contributed by atoms with Crippen LogP contribution in [0.15, 0.2) is 12.1 Å². The molecule has 0 atom stereocenters. The fourth-order valence-corrected chi connectivity index (χ4v) is 2.03. The number of fused-ring (bicyclic) bond motifs is 1. The first-order valence-electron chi connectivity index (χ1n) is 6.18. The minimum Gasteiger partial charge on any atom is -0.455 e. The van der Waals surface area contributed by atoms with Gasteiger partial charge >= 0.3 is 5.97 Å². The van der Waals surface area contributed by atoms with E-state index in [4.69, 9.17) is 4.74 Å². The molecule has 1 aromatic rings. The maximum Gasteiger partial charge on any atom is 0.357 e.